The fraction of sp³-hybridized carbons (Fsp3) is 0.462. The van der Waals surface area contributed by atoms with Gasteiger partial charge in [-0.1, -0.05) is 17.7 Å². The summed E-state index contributed by atoms with van der Waals surface area (Å²) in [5.41, 5.74) is 0.0751. The van der Waals surface area contributed by atoms with Crippen LogP contribution in [0.15, 0.2) is 18.2 Å². The molecule has 116 valence electrons. The van der Waals surface area contributed by atoms with Crippen LogP contribution in [0.5, 0.6) is 0 Å². The second-order valence-electron chi connectivity index (χ2n) is 4.99. The van der Waals surface area contributed by atoms with Gasteiger partial charge in [0.15, 0.2) is 0 Å². The lowest BCUT2D eigenvalue weighted by atomic mass is 9.96. The third-order valence-corrected chi connectivity index (χ3v) is 3.93. The van der Waals surface area contributed by atoms with Crippen molar-refractivity contribution in [2.45, 2.75) is 12.7 Å². The molecule has 2 rings (SSSR count). The van der Waals surface area contributed by atoms with Crippen molar-refractivity contribution < 1.29 is 27.5 Å². The van der Waals surface area contributed by atoms with Crippen molar-refractivity contribution in [1.29, 1.82) is 0 Å². The maximum atomic E-state index is 13.6. The molecular formula is C13H12ClF4NO2. The third kappa shape index (κ3) is 3.47. The largest absolute Gasteiger partial charge is 0.481 e. The van der Waals surface area contributed by atoms with Crippen molar-refractivity contribution in [3.05, 3.63) is 34.6 Å². The van der Waals surface area contributed by atoms with E-state index in [2.05, 4.69) is 0 Å². The van der Waals surface area contributed by atoms with E-state index in [0.29, 0.717) is 0 Å². The molecule has 0 saturated carbocycles. The fourth-order valence-corrected chi connectivity index (χ4v) is 2.73. The number of hydrogen-bond donors (Lipinski definition) is 1. The Hall–Kier alpha value is -1.34. The van der Waals surface area contributed by atoms with Gasteiger partial charge in [0.2, 0.25) is 0 Å². The van der Waals surface area contributed by atoms with Crippen LogP contribution in [0.3, 0.4) is 0 Å². The van der Waals surface area contributed by atoms with Crippen LogP contribution >= 0.6 is 11.6 Å². The lowest BCUT2D eigenvalue weighted by molar-refractivity contribution is -0.188. The van der Waals surface area contributed by atoms with E-state index in [1.807, 2.05) is 0 Å². The van der Waals surface area contributed by atoms with E-state index in [-0.39, 0.29) is 23.7 Å². The molecule has 1 fully saturated rings. The molecule has 0 unspecified atom stereocenters. The number of alkyl halides is 3. The first-order chi connectivity index (χ1) is 9.70. The molecule has 8 heteroatoms. The highest BCUT2D eigenvalue weighted by Gasteiger charge is 2.52. The highest BCUT2D eigenvalue weighted by molar-refractivity contribution is 6.31. The quantitative estimate of drug-likeness (QED) is 0.868. The number of rotatable bonds is 3. The molecule has 0 bridgehead atoms. The Bertz CT molecular complexity index is 529. The van der Waals surface area contributed by atoms with Gasteiger partial charge >= 0.3 is 12.1 Å². The Morgan fingerprint density at radius 1 is 1.38 bits per heavy atom. The summed E-state index contributed by atoms with van der Waals surface area (Å²) in [6.07, 6.45) is -4.60. The van der Waals surface area contributed by atoms with Crippen LogP contribution in [-0.4, -0.2) is 35.2 Å². The average Bonchev–Trinajstić information content (AvgIpc) is 2.78. The maximum absolute atomic E-state index is 13.6. The van der Waals surface area contributed by atoms with E-state index in [1.165, 1.54) is 17.0 Å². The Morgan fingerprint density at radius 3 is 2.52 bits per heavy atom. The predicted molar refractivity (Wildman–Crippen MR) is 67.4 cm³/mol. The fourth-order valence-electron chi connectivity index (χ4n) is 2.50. The molecule has 0 radical (unpaired) electrons. The number of carboxylic acid groups (broad SMARTS) is 1. The van der Waals surface area contributed by atoms with Gasteiger partial charge in [-0.15, -0.1) is 0 Å². The van der Waals surface area contributed by atoms with Crippen LogP contribution in [0.1, 0.15) is 5.56 Å². The van der Waals surface area contributed by atoms with Gasteiger partial charge in [-0.3, -0.25) is 9.69 Å². The highest BCUT2D eigenvalue weighted by Crippen LogP contribution is 2.38. The third-order valence-electron chi connectivity index (χ3n) is 3.58. The van der Waals surface area contributed by atoms with Crippen molar-refractivity contribution in [1.82, 2.24) is 4.90 Å². The summed E-state index contributed by atoms with van der Waals surface area (Å²) in [6, 6.07) is 3.99. The van der Waals surface area contributed by atoms with E-state index >= 15 is 0 Å². The summed E-state index contributed by atoms with van der Waals surface area (Å²) in [5, 5.41) is 9.02. The number of carboxylic acids is 1. The smallest absolute Gasteiger partial charge is 0.393 e. The van der Waals surface area contributed by atoms with Crippen LogP contribution in [0.25, 0.3) is 0 Å². The van der Waals surface area contributed by atoms with E-state index in [9.17, 15) is 22.4 Å². The monoisotopic (exact) mass is 325 g/mol. The van der Waals surface area contributed by atoms with Gasteiger partial charge < -0.3 is 5.11 Å². The Balaban J connectivity index is 2.18. The number of hydrogen-bond acceptors (Lipinski definition) is 2. The summed E-state index contributed by atoms with van der Waals surface area (Å²) >= 11 is 5.83. The van der Waals surface area contributed by atoms with Gasteiger partial charge in [0, 0.05) is 30.2 Å². The van der Waals surface area contributed by atoms with Crippen LogP contribution < -0.4 is 0 Å². The van der Waals surface area contributed by atoms with Crippen molar-refractivity contribution >= 4 is 17.6 Å². The summed E-state index contributed by atoms with van der Waals surface area (Å²) in [5.74, 6) is -5.62. The van der Waals surface area contributed by atoms with Gasteiger partial charge in [0.05, 0.1) is 11.8 Å². The second-order valence-corrected chi connectivity index (χ2v) is 5.39. The summed E-state index contributed by atoms with van der Waals surface area (Å²) in [4.78, 5) is 12.2. The number of nitrogens with zero attached hydrogens (tertiary/aromatic N) is 1. The molecule has 1 aliphatic rings. The number of benzene rings is 1. The summed E-state index contributed by atoms with van der Waals surface area (Å²) in [7, 11) is 0. The number of carbonyl (C=O) groups is 1. The van der Waals surface area contributed by atoms with Crippen LogP contribution in [0.4, 0.5) is 17.6 Å². The average molecular weight is 326 g/mol. The molecular weight excluding hydrogens is 314 g/mol. The standard InChI is InChI=1S/C13H12ClF4NO2/c14-10-2-1-3-11(15)8(10)5-19-4-7(12(20)21)9(6-19)13(16,17)18/h1-3,7,9H,4-6H2,(H,20,21)/t7-,9-/m1/s1. The minimum Gasteiger partial charge on any atom is -0.481 e. The molecule has 0 amide bonds. The topological polar surface area (TPSA) is 40.5 Å². The van der Waals surface area contributed by atoms with Crippen molar-refractivity contribution in [3.63, 3.8) is 0 Å². The molecule has 0 spiro atoms. The van der Waals surface area contributed by atoms with Crippen molar-refractivity contribution in [3.8, 4) is 0 Å². The first-order valence-electron chi connectivity index (χ1n) is 6.15. The van der Waals surface area contributed by atoms with Crippen molar-refractivity contribution in [2.24, 2.45) is 11.8 Å². The molecule has 1 heterocycles. The molecule has 0 aliphatic carbocycles. The minimum atomic E-state index is -4.60. The predicted octanol–water partition coefficient (Wildman–Crippen LogP) is 3.17. The van der Waals surface area contributed by atoms with E-state index < -0.39 is 36.3 Å². The van der Waals surface area contributed by atoms with Gasteiger partial charge in [0.25, 0.3) is 0 Å². The molecule has 1 N–H and O–H groups in total. The first-order valence-corrected chi connectivity index (χ1v) is 6.52. The Morgan fingerprint density at radius 2 is 2.05 bits per heavy atom. The summed E-state index contributed by atoms with van der Waals surface area (Å²) < 4.78 is 52.2. The van der Waals surface area contributed by atoms with Gasteiger partial charge in [-0.05, 0) is 12.1 Å². The molecule has 1 aliphatic heterocycles. The molecule has 1 saturated heterocycles. The maximum Gasteiger partial charge on any atom is 0.393 e. The molecule has 1 aromatic rings. The zero-order valence-corrected chi connectivity index (χ0v) is 11.5. The number of halogens is 5. The lowest BCUT2D eigenvalue weighted by Gasteiger charge is -2.19. The summed E-state index contributed by atoms with van der Waals surface area (Å²) in [6.45, 7) is -0.919. The number of aliphatic carboxylic acids is 1. The van der Waals surface area contributed by atoms with Crippen molar-refractivity contribution in [2.75, 3.05) is 13.1 Å². The SMILES string of the molecule is O=C(O)[C@@H]1CN(Cc2c(F)cccc2Cl)C[C@H]1C(F)(F)F. The van der Waals surface area contributed by atoms with Crippen LogP contribution in [-0.2, 0) is 11.3 Å². The lowest BCUT2D eigenvalue weighted by Crippen LogP contribution is -2.33. The molecule has 21 heavy (non-hydrogen) atoms. The normalized spacial score (nSPS) is 23.5. The Labute approximate surface area is 123 Å². The highest BCUT2D eigenvalue weighted by atomic mass is 35.5. The minimum absolute atomic E-state index is 0.0751. The zero-order valence-electron chi connectivity index (χ0n) is 10.7. The van der Waals surface area contributed by atoms with E-state index in [0.717, 1.165) is 6.07 Å². The molecule has 3 nitrogen and oxygen atoms in total. The zero-order chi connectivity index (χ0) is 15.8. The second kappa shape index (κ2) is 5.81. The number of likely N-dealkylation sites (tertiary alicyclic amines) is 1. The molecule has 0 aromatic heterocycles. The van der Waals surface area contributed by atoms with Gasteiger partial charge in [-0.2, -0.15) is 13.2 Å². The van der Waals surface area contributed by atoms with Gasteiger partial charge in [0.1, 0.15) is 5.82 Å². The van der Waals surface area contributed by atoms with E-state index in [1.54, 1.807) is 0 Å². The van der Waals surface area contributed by atoms with Crippen LogP contribution in [0, 0.1) is 17.7 Å². The van der Waals surface area contributed by atoms with Crippen LogP contribution in [0.2, 0.25) is 5.02 Å². The first kappa shape index (κ1) is 16.0. The van der Waals surface area contributed by atoms with Gasteiger partial charge in [-0.25, -0.2) is 4.39 Å². The molecule has 2 atom stereocenters. The Kier molecular flexibility index (Phi) is 4.43. The van der Waals surface area contributed by atoms with E-state index in [4.69, 9.17) is 16.7 Å². The molecule has 1 aromatic carbocycles.